The SMILES string of the molecule is Cc1cc(OCc2cc3n(n2)CCN(c2ccc(F)cc2)C3=O)ncn1. The number of anilines is 1. The van der Waals surface area contributed by atoms with E-state index in [1.165, 1.54) is 18.5 Å². The van der Waals surface area contributed by atoms with Gasteiger partial charge in [-0.2, -0.15) is 5.10 Å². The Kier molecular flexibility index (Phi) is 4.08. The molecule has 132 valence electrons. The van der Waals surface area contributed by atoms with Crippen molar-refractivity contribution in [3.63, 3.8) is 0 Å². The van der Waals surface area contributed by atoms with Crippen LogP contribution in [-0.2, 0) is 13.2 Å². The lowest BCUT2D eigenvalue weighted by atomic mass is 10.2. The number of aryl methyl sites for hydroxylation is 1. The maximum absolute atomic E-state index is 13.1. The van der Waals surface area contributed by atoms with Gasteiger partial charge in [0.05, 0.1) is 6.54 Å². The Morgan fingerprint density at radius 1 is 1.15 bits per heavy atom. The molecule has 3 aromatic rings. The molecule has 2 aromatic heterocycles. The summed E-state index contributed by atoms with van der Waals surface area (Å²) >= 11 is 0. The lowest BCUT2D eigenvalue weighted by Crippen LogP contribution is -2.40. The third-order valence-electron chi connectivity index (χ3n) is 4.12. The highest BCUT2D eigenvalue weighted by Crippen LogP contribution is 2.22. The first-order valence-electron chi connectivity index (χ1n) is 8.16. The van der Waals surface area contributed by atoms with Crippen LogP contribution in [0.1, 0.15) is 21.9 Å². The molecule has 1 amide bonds. The minimum Gasteiger partial charge on any atom is -0.471 e. The van der Waals surface area contributed by atoms with Crippen molar-refractivity contribution in [2.45, 2.75) is 20.1 Å². The van der Waals surface area contributed by atoms with Gasteiger partial charge < -0.3 is 9.64 Å². The summed E-state index contributed by atoms with van der Waals surface area (Å²) in [5, 5.41) is 4.42. The summed E-state index contributed by atoms with van der Waals surface area (Å²) in [5.41, 5.74) is 2.60. The van der Waals surface area contributed by atoms with Crippen molar-refractivity contribution in [3.8, 4) is 5.88 Å². The molecule has 1 aliphatic heterocycles. The van der Waals surface area contributed by atoms with Gasteiger partial charge in [0.15, 0.2) is 0 Å². The predicted octanol–water partition coefficient (Wildman–Crippen LogP) is 2.36. The molecular formula is C18H16FN5O2. The van der Waals surface area contributed by atoms with Gasteiger partial charge in [-0.3, -0.25) is 9.48 Å². The highest BCUT2D eigenvalue weighted by molar-refractivity contribution is 6.05. The first-order valence-corrected chi connectivity index (χ1v) is 8.16. The predicted molar refractivity (Wildman–Crippen MR) is 91.4 cm³/mol. The van der Waals surface area contributed by atoms with Crippen molar-refractivity contribution in [1.82, 2.24) is 19.7 Å². The summed E-state index contributed by atoms with van der Waals surface area (Å²) in [4.78, 5) is 22.4. The normalized spacial score (nSPS) is 13.6. The molecule has 0 aliphatic carbocycles. The summed E-state index contributed by atoms with van der Waals surface area (Å²) in [6.07, 6.45) is 1.44. The average molecular weight is 353 g/mol. The molecule has 26 heavy (non-hydrogen) atoms. The third-order valence-corrected chi connectivity index (χ3v) is 4.12. The van der Waals surface area contributed by atoms with Crippen molar-refractivity contribution in [1.29, 1.82) is 0 Å². The fraction of sp³-hybridized carbons (Fsp3) is 0.222. The number of carbonyl (C=O) groups is 1. The fourth-order valence-corrected chi connectivity index (χ4v) is 2.84. The van der Waals surface area contributed by atoms with Crippen LogP contribution < -0.4 is 9.64 Å². The molecule has 0 radical (unpaired) electrons. The molecular weight excluding hydrogens is 337 g/mol. The van der Waals surface area contributed by atoms with Crippen LogP contribution in [-0.4, -0.2) is 32.2 Å². The summed E-state index contributed by atoms with van der Waals surface area (Å²) < 4.78 is 20.4. The van der Waals surface area contributed by atoms with E-state index >= 15 is 0 Å². The smallest absolute Gasteiger partial charge is 0.276 e. The lowest BCUT2D eigenvalue weighted by molar-refractivity contribution is 0.0962. The van der Waals surface area contributed by atoms with E-state index in [1.54, 1.807) is 33.8 Å². The molecule has 4 rings (SSSR count). The van der Waals surface area contributed by atoms with Crippen LogP contribution in [0.5, 0.6) is 5.88 Å². The maximum Gasteiger partial charge on any atom is 0.276 e. The van der Waals surface area contributed by atoms with Gasteiger partial charge in [0.2, 0.25) is 5.88 Å². The first kappa shape index (κ1) is 16.2. The molecule has 7 nitrogen and oxygen atoms in total. The van der Waals surface area contributed by atoms with E-state index < -0.39 is 0 Å². The van der Waals surface area contributed by atoms with Crippen LogP contribution in [0, 0.1) is 12.7 Å². The van der Waals surface area contributed by atoms with E-state index in [9.17, 15) is 9.18 Å². The number of aromatic nitrogens is 4. The number of ether oxygens (including phenoxy) is 1. The van der Waals surface area contributed by atoms with Crippen LogP contribution in [0.4, 0.5) is 10.1 Å². The van der Waals surface area contributed by atoms with Crippen LogP contribution in [0.15, 0.2) is 42.7 Å². The Morgan fingerprint density at radius 3 is 2.73 bits per heavy atom. The van der Waals surface area contributed by atoms with E-state index in [0.717, 1.165) is 5.69 Å². The van der Waals surface area contributed by atoms with Gasteiger partial charge in [0.1, 0.15) is 30.1 Å². The Hall–Kier alpha value is -3.29. The number of nitrogens with zero attached hydrogens (tertiary/aromatic N) is 5. The first-order chi connectivity index (χ1) is 12.6. The summed E-state index contributed by atoms with van der Waals surface area (Å²) in [6, 6.07) is 9.33. The molecule has 1 aliphatic rings. The zero-order valence-electron chi connectivity index (χ0n) is 14.1. The number of hydrogen-bond donors (Lipinski definition) is 0. The molecule has 0 atom stereocenters. The number of amides is 1. The van der Waals surface area contributed by atoms with Crippen molar-refractivity contribution in [2.24, 2.45) is 0 Å². The monoisotopic (exact) mass is 353 g/mol. The molecule has 1 aromatic carbocycles. The van der Waals surface area contributed by atoms with E-state index in [4.69, 9.17) is 4.74 Å². The highest BCUT2D eigenvalue weighted by atomic mass is 19.1. The zero-order chi connectivity index (χ0) is 18.1. The molecule has 0 bridgehead atoms. The molecule has 8 heteroatoms. The van der Waals surface area contributed by atoms with Crippen LogP contribution >= 0.6 is 0 Å². The lowest BCUT2D eigenvalue weighted by Gasteiger charge is -2.27. The van der Waals surface area contributed by atoms with Gasteiger partial charge >= 0.3 is 0 Å². The molecule has 3 heterocycles. The van der Waals surface area contributed by atoms with E-state index in [0.29, 0.717) is 36.0 Å². The van der Waals surface area contributed by atoms with Gasteiger partial charge in [-0.15, -0.1) is 0 Å². The number of benzene rings is 1. The van der Waals surface area contributed by atoms with Crippen molar-refractivity contribution < 1.29 is 13.9 Å². The van der Waals surface area contributed by atoms with E-state index in [-0.39, 0.29) is 18.3 Å². The van der Waals surface area contributed by atoms with Gasteiger partial charge in [-0.25, -0.2) is 14.4 Å². The van der Waals surface area contributed by atoms with Gasteiger partial charge in [-0.1, -0.05) is 0 Å². The Balaban J connectivity index is 1.51. The quantitative estimate of drug-likeness (QED) is 0.720. The summed E-state index contributed by atoms with van der Waals surface area (Å²) in [6.45, 7) is 3.10. The fourth-order valence-electron chi connectivity index (χ4n) is 2.84. The van der Waals surface area contributed by atoms with Crippen LogP contribution in [0.2, 0.25) is 0 Å². The molecule has 0 N–H and O–H groups in total. The minimum absolute atomic E-state index is 0.167. The van der Waals surface area contributed by atoms with E-state index in [2.05, 4.69) is 15.1 Å². The van der Waals surface area contributed by atoms with Crippen LogP contribution in [0.25, 0.3) is 0 Å². The summed E-state index contributed by atoms with van der Waals surface area (Å²) in [5.74, 6) is -0.0372. The molecule has 0 spiro atoms. The van der Waals surface area contributed by atoms with Crippen molar-refractivity contribution in [2.75, 3.05) is 11.4 Å². The molecule has 0 saturated heterocycles. The second-order valence-corrected chi connectivity index (χ2v) is 5.96. The molecule has 0 saturated carbocycles. The molecule has 0 unspecified atom stereocenters. The standard InChI is InChI=1S/C18H16FN5O2/c1-12-8-17(21-11-20-12)26-10-14-9-16-18(25)23(6-7-24(16)22-14)15-4-2-13(19)3-5-15/h2-5,8-9,11H,6-7,10H2,1H3. The zero-order valence-corrected chi connectivity index (χ0v) is 14.1. The third kappa shape index (κ3) is 3.13. The topological polar surface area (TPSA) is 73.1 Å². The van der Waals surface area contributed by atoms with E-state index in [1.807, 2.05) is 6.92 Å². The van der Waals surface area contributed by atoms with Gasteiger partial charge in [0, 0.05) is 24.0 Å². The summed E-state index contributed by atoms with van der Waals surface area (Å²) in [7, 11) is 0. The number of rotatable bonds is 4. The molecule has 0 fully saturated rings. The Bertz CT molecular complexity index is 954. The highest BCUT2D eigenvalue weighted by Gasteiger charge is 2.27. The number of carbonyl (C=O) groups excluding carboxylic acids is 1. The number of halogens is 1. The van der Waals surface area contributed by atoms with Crippen LogP contribution in [0.3, 0.4) is 0 Å². The minimum atomic E-state index is -0.331. The Morgan fingerprint density at radius 2 is 1.96 bits per heavy atom. The van der Waals surface area contributed by atoms with Crippen molar-refractivity contribution >= 4 is 11.6 Å². The number of hydrogen-bond acceptors (Lipinski definition) is 5. The second kappa shape index (κ2) is 6.55. The number of fused-ring (bicyclic) bond motifs is 1. The average Bonchev–Trinajstić information content (AvgIpc) is 3.06. The Labute approximate surface area is 149 Å². The van der Waals surface area contributed by atoms with Gasteiger partial charge in [-0.05, 0) is 37.3 Å². The largest absolute Gasteiger partial charge is 0.471 e. The maximum atomic E-state index is 13.1. The van der Waals surface area contributed by atoms with Crippen molar-refractivity contribution in [3.05, 3.63) is 65.6 Å². The van der Waals surface area contributed by atoms with Gasteiger partial charge in [0.25, 0.3) is 5.91 Å². The second-order valence-electron chi connectivity index (χ2n) is 5.96.